The fourth-order valence-corrected chi connectivity index (χ4v) is 2.12. The molecule has 0 saturated heterocycles. The van der Waals surface area contributed by atoms with E-state index in [4.69, 9.17) is 0 Å². The lowest BCUT2D eigenvalue weighted by atomic mass is 9.79. The molecule has 0 aliphatic carbocycles. The molecule has 1 aliphatic rings. The summed E-state index contributed by atoms with van der Waals surface area (Å²) in [7, 11) is 0. The number of nitrogens with zero attached hydrogens (tertiary/aromatic N) is 1. The van der Waals surface area contributed by atoms with Gasteiger partial charge in [-0.25, -0.2) is 0 Å². The lowest BCUT2D eigenvalue weighted by Gasteiger charge is -2.39. The highest BCUT2D eigenvalue weighted by Gasteiger charge is 2.37. The summed E-state index contributed by atoms with van der Waals surface area (Å²) in [4.78, 5) is 14.5. The van der Waals surface area contributed by atoms with Gasteiger partial charge in [0.15, 0.2) is 0 Å². The quantitative estimate of drug-likeness (QED) is 0.577. The molecule has 1 atom stereocenters. The highest BCUT2D eigenvalue weighted by Crippen LogP contribution is 2.32. The van der Waals surface area contributed by atoms with Crippen LogP contribution in [0, 0.1) is 11.3 Å². The Hall–Kier alpha value is -0.790. The Labute approximate surface area is 99.7 Å². The fraction of sp³-hybridized carbons (Fsp3) is 0.786. The molecule has 1 aliphatic heterocycles. The first-order chi connectivity index (χ1) is 7.14. The van der Waals surface area contributed by atoms with E-state index in [0.29, 0.717) is 0 Å². The maximum atomic E-state index is 12.5. The molecule has 2 heteroatoms. The molecule has 2 nitrogen and oxygen atoms in total. The molecule has 92 valence electrons. The van der Waals surface area contributed by atoms with Crippen molar-refractivity contribution in [2.24, 2.45) is 11.3 Å². The Morgan fingerprint density at radius 1 is 1.19 bits per heavy atom. The van der Waals surface area contributed by atoms with E-state index in [1.165, 1.54) is 0 Å². The first-order valence-corrected chi connectivity index (χ1v) is 6.12. The smallest absolute Gasteiger partial charge is 0.230 e. The molecule has 0 aromatic heterocycles. The van der Waals surface area contributed by atoms with E-state index in [1.807, 2.05) is 4.90 Å². The van der Waals surface area contributed by atoms with Crippen LogP contribution < -0.4 is 0 Å². The first kappa shape index (κ1) is 13.3. The Morgan fingerprint density at radius 3 is 2.19 bits per heavy atom. The van der Waals surface area contributed by atoms with Gasteiger partial charge in [0.1, 0.15) is 0 Å². The van der Waals surface area contributed by atoms with Crippen molar-refractivity contribution in [1.29, 1.82) is 0 Å². The molecule has 1 heterocycles. The lowest BCUT2D eigenvalue weighted by molar-refractivity contribution is -0.141. The lowest BCUT2D eigenvalue weighted by Crippen LogP contribution is -2.49. The van der Waals surface area contributed by atoms with Crippen LogP contribution in [0.2, 0.25) is 0 Å². The molecule has 16 heavy (non-hydrogen) atoms. The molecule has 0 aromatic carbocycles. The van der Waals surface area contributed by atoms with Crippen molar-refractivity contribution in [1.82, 2.24) is 4.90 Å². The monoisotopic (exact) mass is 223 g/mol. The second-order valence-electron chi connectivity index (χ2n) is 6.72. The standard InChI is InChI=1S/C14H25NO/c1-13(2,3)11-9-7-8-10-15(12(11)16)14(4,5)6/h7,9,11H,8,10H2,1-6H3. The molecule has 0 fully saturated rings. The van der Waals surface area contributed by atoms with Crippen molar-refractivity contribution >= 4 is 5.91 Å². The molecule has 1 amide bonds. The molecule has 0 bridgehead atoms. The Bertz CT molecular complexity index is 291. The molecule has 0 aromatic rings. The predicted molar refractivity (Wildman–Crippen MR) is 68.2 cm³/mol. The highest BCUT2D eigenvalue weighted by molar-refractivity contribution is 5.82. The topological polar surface area (TPSA) is 20.3 Å². The van der Waals surface area contributed by atoms with Crippen LogP contribution in [0.1, 0.15) is 48.0 Å². The Balaban J connectivity index is 3.00. The van der Waals surface area contributed by atoms with Crippen molar-refractivity contribution in [2.45, 2.75) is 53.5 Å². The molecule has 0 N–H and O–H groups in total. The van der Waals surface area contributed by atoms with E-state index in [1.54, 1.807) is 0 Å². The van der Waals surface area contributed by atoms with E-state index >= 15 is 0 Å². The van der Waals surface area contributed by atoms with Gasteiger partial charge in [-0.3, -0.25) is 4.79 Å². The zero-order valence-corrected chi connectivity index (χ0v) is 11.5. The van der Waals surface area contributed by atoms with Crippen LogP contribution in [0.5, 0.6) is 0 Å². The largest absolute Gasteiger partial charge is 0.337 e. The Kier molecular flexibility index (Phi) is 3.51. The minimum Gasteiger partial charge on any atom is -0.337 e. The SMILES string of the molecule is CC(C)(C)C1C=CCCN(C(C)(C)C)C1=O. The van der Waals surface area contributed by atoms with Crippen molar-refractivity contribution < 1.29 is 4.79 Å². The predicted octanol–water partition coefficient (Wildman–Crippen LogP) is 3.24. The van der Waals surface area contributed by atoms with Gasteiger partial charge in [0.05, 0.1) is 5.92 Å². The van der Waals surface area contributed by atoms with Gasteiger partial charge >= 0.3 is 0 Å². The third-order valence-electron chi connectivity index (χ3n) is 3.12. The molecular weight excluding hydrogens is 198 g/mol. The summed E-state index contributed by atoms with van der Waals surface area (Å²) in [6.07, 6.45) is 5.21. The van der Waals surface area contributed by atoms with Crippen molar-refractivity contribution in [3.63, 3.8) is 0 Å². The Morgan fingerprint density at radius 2 is 1.75 bits per heavy atom. The summed E-state index contributed by atoms with van der Waals surface area (Å²) in [6.45, 7) is 13.6. The third kappa shape index (κ3) is 2.87. The maximum absolute atomic E-state index is 12.5. The van der Waals surface area contributed by atoms with Gasteiger partial charge in [0.25, 0.3) is 0 Å². The molecule has 1 unspecified atom stereocenters. The molecule has 0 spiro atoms. The van der Waals surface area contributed by atoms with E-state index in [0.717, 1.165) is 13.0 Å². The number of amides is 1. The average molecular weight is 223 g/mol. The van der Waals surface area contributed by atoms with Crippen LogP contribution in [0.3, 0.4) is 0 Å². The molecular formula is C14H25NO. The summed E-state index contributed by atoms with van der Waals surface area (Å²) in [5.41, 5.74) is -0.0754. The van der Waals surface area contributed by atoms with E-state index < -0.39 is 0 Å². The number of carbonyl (C=O) groups excluding carboxylic acids is 1. The van der Waals surface area contributed by atoms with E-state index in [-0.39, 0.29) is 22.8 Å². The minimum absolute atomic E-state index is 0.00141. The molecule has 1 rings (SSSR count). The molecule has 0 radical (unpaired) electrons. The summed E-state index contributed by atoms with van der Waals surface area (Å²) in [6, 6.07) is 0. The minimum atomic E-state index is -0.0768. The zero-order valence-electron chi connectivity index (χ0n) is 11.5. The van der Waals surface area contributed by atoms with Crippen LogP contribution in [0.25, 0.3) is 0 Å². The van der Waals surface area contributed by atoms with Crippen LogP contribution in [0.15, 0.2) is 12.2 Å². The van der Waals surface area contributed by atoms with Crippen LogP contribution in [-0.2, 0) is 4.79 Å². The summed E-state index contributed by atoms with van der Waals surface area (Å²) >= 11 is 0. The van der Waals surface area contributed by atoms with Crippen molar-refractivity contribution in [2.75, 3.05) is 6.54 Å². The summed E-state index contributed by atoms with van der Waals surface area (Å²) < 4.78 is 0. The van der Waals surface area contributed by atoms with Crippen LogP contribution in [-0.4, -0.2) is 22.9 Å². The normalized spacial score (nSPS) is 23.5. The maximum Gasteiger partial charge on any atom is 0.230 e. The second-order valence-corrected chi connectivity index (χ2v) is 6.72. The molecule has 0 saturated carbocycles. The van der Waals surface area contributed by atoms with Crippen LogP contribution in [0.4, 0.5) is 0 Å². The van der Waals surface area contributed by atoms with Gasteiger partial charge in [-0.05, 0) is 32.6 Å². The summed E-state index contributed by atoms with van der Waals surface area (Å²) in [5, 5.41) is 0. The fourth-order valence-electron chi connectivity index (χ4n) is 2.12. The van der Waals surface area contributed by atoms with Gasteiger partial charge in [-0.2, -0.15) is 0 Å². The van der Waals surface area contributed by atoms with E-state index in [2.05, 4.69) is 53.7 Å². The van der Waals surface area contributed by atoms with Crippen molar-refractivity contribution in [3.8, 4) is 0 Å². The van der Waals surface area contributed by atoms with Gasteiger partial charge in [0, 0.05) is 12.1 Å². The number of hydrogen-bond acceptors (Lipinski definition) is 1. The van der Waals surface area contributed by atoms with Crippen LogP contribution >= 0.6 is 0 Å². The number of carbonyl (C=O) groups is 1. The van der Waals surface area contributed by atoms with Gasteiger partial charge in [-0.1, -0.05) is 32.9 Å². The second kappa shape index (κ2) is 4.23. The van der Waals surface area contributed by atoms with E-state index in [9.17, 15) is 4.79 Å². The third-order valence-corrected chi connectivity index (χ3v) is 3.12. The first-order valence-electron chi connectivity index (χ1n) is 6.12. The number of rotatable bonds is 0. The van der Waals surface area contributed by atoms with Gasteiger partial charge < -0.3 is 4.90 Å². The van der Waals surface area contributed by atoms with Gasteiger partial charge in [-0.15, -0.1) is 0 Å². The van der Waals surface area contributed by atoms with Crippen molar-refractivity contribution in [3.05, 3.63) is 12.2 Å². The number of hydrogen-bond donors (Lipinski definition) is 0. The highest BCUT2D eigenvalue weighted by atomic mass is 16.2. The average Bonchev–Trinajstić information content (AvgIpc) is 2.23. The van der Waals surface area contributed by atoms with Gasteiger partial charge in [0.2, 0.25) is 5.91 Å². The zero-order chi connectivity index (χ0) is 12.6. The summed E-state index contributed by atoms with van der Waals surface area (Å²) in [5.74, 6) is 0.281.